The Hall–Kier alpha value is -1.09. The highest BCUT2D eigenvalue weighted by molar-refractivity contribution is 5.31. The molecular weight excluding hydrogens is 260 g/mol. The molecule has 2 aliphatic rings. The fourth-order valence-electron chi connectivity index (χ4n) is 3.66. The molecule has 1 N–H and O–H groups in total. The van der Waals surface area contributed by atoms with E-state index < -0.39 is 0 Å². The van der Waals surface area contributed by atoms with Crippen molar-refractivity contribution in [3.8, 4) is 5.75 Å². The molecule has 1 aromatic heterocycles. The molecule has 0 amide bonds. The van der Waals surface area contributed by atoms with Crippen LogP contribution in [0.15, 0.2) is 18.3 Å². The van der Waals surface area contributed by atoms with Crippen molar-refractivity contribution in [1.82, 2.24) is 10.3 Å². The van der Waals surface area contributed by atoms with Gasteiger partial charge in [-0.15, -0.1) is 0 Å². The van der Waals surface area contributed by atoms with Crippen LogP contribution in [-0.2, 0) is 0 Å². The van der Waals surface area contributed by atoms with Gasteiger partial charge in [-0.25, -0.2) is 0 Å². The monoisotopic (exact) mass is 288 g/mol. The predicted molar refractivity (Wildman–Crippen MR) is 85.7 cm³/mol. The molecule has 21 heavy (non-hydrogen) atoms. The van der Waals surface area contributed by atoms with Gasteiger partial charge in [0, 0.05) is 18.2 Å². The standard InChI is InChI=1S/C18H28N2O/c1-18(2)9-8-13(12-20-14-6-7-14)15(11-18)17-16(21-3)5-4-10-19-17/h4-5,10,13-15,20H,6-9,11-12H2,1-3H3. The van der Waals surface area contributed by atoms with Gasteiger partial charge in [-0.05, 0) is 62.1 Å². The third-order valence-corrected chi connectivity index (χ3v) is 5.15. The largest absolute Gasteiger partial charge is 0.495 e. The summed E-state index contributed by atoms with van der Waals surface area (Å²) in [5.41, 5.74) is 1.57. The number of hydrogen-bond acceptors (Lipinski definition) is 3. The van der Waals surface area contributed by atoms with Crippen molar-refractivity contribution in [2.75, 3.05) is 13.7 Å². The third kappa shape index (κ3) is 3.57. The highest BCUT2D eigenvalue weighted by Crippen LogP contribution is 2.47. The van der Waals surface area contributed by atoms with Crippen LogP contribution < -0.4 is 10.1 Å². The Morgan fingerprint density at radius 2 is 2.14 bits per heavy atom. The second-order valence-electron chi connectivity index (χ2n) is 7.55. The van der Waals surface area contributed by atoms with Crippen LogP contribution in [0.25, 0.3) is 0 Å². The molecule has 2 atom stereocenters. The fraction of sp³-hybridized carbons (Fsp3) is 0.722. The molecule has 2 saturated carbocycles. The molecule has 2 aliphatic carbocycles. The summed E-state index contributed by atoms with van der Waals surface area (Å²) in [7, 11) is 1.76. The zero-order valence-corrected chi connectivity index (χ0v) is 13.6. The molecule has 1 aromatic rings. The Morgan fingerprint density at radius 3 is 2.86 bits per heavy atom. The van der Waals surface area contributed by atoms with Crippen molar-refractivity contribution in [2.24, 2.45) is 11.3 Å². The maximum absolute atomic E-state index is 5.57. The molecule has 0 saturated heterocycles. The average molecular weight is 288 g/mol. The van der Waals surface area contributed by atoms with Gasteiger partial charge >= 0.3 is 0 Å². The van der Waals surface area contributed by atoms with E-state index in [1.54, 1.807) is 7.11 Å². The van der Waals surface area contributed by atoms with Crippen LogP contribution in [-0.4, -0.2) is 24.7 Å². The summed E-state index contributed by atoms with van der Waals surface area (Å²) >= 11 is 0. The Balaban J connectivity index is 1.81. The quantitative estimate of drug-likeness (QED) is 0.896. The minimum Gasteiger partial charge on any atom is -0.495 e. The second kappa shape index (κ2) is 5.96. The molecule has 0 spiro atoms. The lowest BCUT2D eigenvalue weighted by Gasteiger charge is -2.41. The minimum atomic E-state index is 0.406. The molecule has 2 unspecified atom stereocenters. The lowest BCUT2D eigenvalue weighted by atomic mass is 9.66. The van der Waals surface area contributed by atoms with Gasteiger partial charge in [0.15, 0.2) is 0 Å². The van der Waals surface area contributed by atoms with Crippen molar-refractivity contribution in [2.45, 2.75) is 57.9 Å². The number of rotatable bonds is 5. The lowest BCUT2D eigenvalue weighted by Crippen LogP contribution is -2.36. The van der Waals surface area contributed by atoms with Crippen LogP contribution in [0.4, 0.5) is 0 Å². The molecule has 3 heteroatoms. The molecule has 2 fully saturated rings. The van der Waals surface area contributed by atoms with Gasteiger partial charge in [-0.2, -0.15) is 0 Å². The number of nitrogens with zero attached hydrogens (tertiary/aromatic N) is 1. The lowest BCUT2D eigenvalue weighted by molar-refractivity contribution is 0.155. The van der Waals surface area contributed by atoms with Gasteiger partial charge in [0.1, 0.15) is 5.75 Å². The first kappa shape index (κ1) is 14.8. The van der Waals surface area contributed by atoms with Gasteiger partial charge in [0.2, 0.25) is 0 Å². The van der Waals surface area contributed by atoms with Crippen molar-refractivity contribution in [3.05, 3.63) is 24.0 Å². The van der Waals surface area contributed by atoms with E-state index in [0.717, 1.165) is 24.0 Å². The van der Waals surface area contributed by atoms with Crippen LogP contribution in [0.2, 0.25) is 0 Å². The third-order valence-electron chi connectivity index (χ3n) is 5.15. The van der Waals surface area contributed by atoms with Crippen molar-refractivity contribution >= 4 is 0 Å². The van der Waals surface area contributed by atoms with Crippen molar-refractivity contribution in [3.63, 3.8) is 0 Å². The maximum Gasteiger partial charge on any atom is 0.140 e. The van der Waals surface area contributed by atoms with Crippen LogP contribution >= 0.6 is 0 Å². The van der Waals surface area contributed by atoms with Gasteiger partial charge in [0.25, 0.3) is 0 Å². The summed E-state index contributed by atoms with van der Waals surface area (Å²) in [6.07, 6.45) is 8.43. The van der Waals surface area contributed by atoms with E-state index in [0.29, 0.717) is 17.3 Å². The number of ether oxygens (including phenoxy) is 1. The first-order valence-corrected chi connectivity index (χ1v) is 8.31. The zero-order valence-electron chi connectivity index (χ0n) is 13.6. The van der Waals surface area contributed by atoms with E-state index in [1.165, 1.54) is 32.1 Å². The smallest absolute Gasteiger partial charge is 0.140 e. The topological polar surface area (TPSA) is 34.1 Å². The van der Waals surface area contributed by atoms with Crippen LogP contribution in [0.3, 0.4) is 0 Å². The van der Waals surface area contributed by atoms with E-state index in [9.17, 15) is 0 Å². The van der Waals surface area contributed by atoms with E-state index in [1.807, 2.05) is 12.3 Å². The number of pyridine rings is 1. The molecule has 0 radical (unpaired) electrons. The Kier molecular flexibility index (Phi) is 4.21. The van der Waals surface area contributed by atoms with Crippen molar-refractivity contribution < 1.29 is 4.74 Å². The van der Waals surface area contributed by atoms with Gasteiger partial charge < -0.3 is 10.1 Å². The minimum absolute atomic E-state index is 0.406. The van der Waals surface area contributed by atoms with E-state index in [-0.39, 0.29) is 0 Å². The number of aromatic nitrogens is 1. The Bertz CT molecular complexity index is 480. The van der Waals surface area contributed by atoms with Crippen LogP contribution in [0, 0.1) is 11.3 Å². The SMILES string of the molecule is COc1cccnc1C1CC(C)(C)CCC1CNC1CC1. The fourth-order valence-corrected chi connectivity index (χ4v) is 3.66. The maximum atomic E-state index is 5.57. The summed E-state index contributed by atoms with van der Waals surface area (Å²) < 4.78 is 5.57. The first-order valence-electron chi connectivity index (χ1n) is 8.31. The van der Waals surface area contributed by atoms with Gasteiger partial charge in [-0.3, -0.25) is 4.98 Å². The van der Waals surface area contributed by atoms with Crippen LogP contribution in [0.1, 0.15) is 57.6 Å². The summed E-state index contributed by atoms with van der Waals surface area (Å²) in [5.74, 6) is 2.15. The van der Waals surface area contributed by atoms with Gasteiger partial charge in [-0.1, -0.05) is 13.8 Å². The summed E-state index contributed by atoms with van der Waals surface area (Å²) in [4.78, 5) is 4.68. The average Bonchev–Trinajstić information content (AvgIpc) is 3.29. The van der Waals surface area contributed by atoms with E-state index >= 15 is 0 Å². The first-order chi connectivity index (χ1) is 10.1. The summed E-state index contributed by atoms with van der Waals surface area (Å²) in [6.45, 7) is 5.91. The number of hydrogen-bond donors (Lipinski definition) is 1. The highest BCUT2D eigenvalue weighted by atomic mass is 16.5. The molecule has 3 rings (SSSR count). The number of methoxy groups -OCH3 is 1. The zero-order chi connectivity index (χ0) is 14.9. The summed E-state index contributed by atoms with van der Waals surface area (Å²) in [6, 6.07) is 4.80. The normalized spacial score (nSPS) is 28.3. The molecule has 116 valence electrons. The predicted octanol–water partition coefficient (Wildman–Crippen LogP) is 3.75. The highest BCUT2D eigenvalue weighted by Gasteiger charge is 2.38. The van der Waals surface area contributed by atoms with Crippen molar-refractivity contribution in [1.29, 1.82) is 0 Å². The molecule has 0 aliphatic heterocycles. The van der Waals surface area contributed by atoms with Gasteiger partial charge in [0.05, 0.1) is 12.8 Å². The van der Waals surface area contributed by atoms with E-state index in [2.05, 4.69) is 30.2 Å². The second-order valence-corrected chi connectivity index (χ2v) is 7.55. The Labute approximate surface area is 128 Å². The molecule has 1 heterocycles. The molecule has 3 nitrogen and oxygen atoms in total. The molecular formula is C18H28N2O. The molecule has 0 bridgehead atoms. The Morgan fingerprint density at radius 1 is 1.33 bits per heavy atom. The van der Waals surface area contributed by atoms with E-state index in [4.69, 9.17) is 4.74 Å². The number of nitrogens with one attached hydrogen (secondary N) is 1. The summed E-state index contributed by atoms with van der Waals surface area (Å²) in [5, 5.41) is 3.72. The van der Waals surface area contributed by atoms with Crippen LogP contribution in [0.5, 0.6) is 5.75 Å². The molecule has 0 aromatic carbocycles.